The van der Waals surface area contributed by atoms with E-state index in [1.165, 1.54) is 72.1 Å². The minimum atomic E-state index is -0.886. The second kappa shape index (κ2) is 12.4. The molecule has 2 unspecified atom stereocenters. The molecule has 0 bridgehead atoms. The van der Waals surface area contributed by atoms with Crippen LogP contribution >= 0.6 is 11.8 Å². The van der Waals surface area contributed by atoms with Gasteiger partial charge in [0.25, 0.3) is 11.4 Å². The fraction of sp³-hybridized carbons (Fsp3) is 0.393. The van der Waals surface area contributed by atoms with Crippen molar-refractivity contribution in [3.05, 3.63) is 90.5 Å². The average Bonchev–Trinajstić information content (AvgIpc) is 3.57. The van der Waals surface area contributed by atoms with Crippen molar-refractivity contribution in [3.63, 3.8) is 0 Å². The minimum Gasteiger partial charge on any atom is -0.456 e. The van der Waals surface area contributed by atoms with E-state index in [9.17, 15) is 39.7 Å². The van der Waals surface area contributed by atoms with Crippen LogP contribution in [0.1, 0.15) is 30.9 Å². The van der Waals surface area contributed by atoms with Crippen molar-refractivity contribution < 1.29 is 38.8 Å². The third kappa shape index (κ3) is 6.32. The molecule has 2 aromatic carbocycles. The lowest BCUT2D eigenvalue weighted by atomic mass is 9.83. The Balaban J connectivity index is 1.22. The third-order valence-corrected chi connectivity index (χ3v) is 8.98. The zero-order valence-corrected chi connectivity index (χ0v) is 23.8. The van der Waals surface area contributed by atoms with E-state index in [-0.39, 0.29) is 47.5 Å². The van der Waals surface area contributed by atoms with E-state index >= 15 is 0 Å². The second-order valence-corrected chi connectivity index (χ2v) is 11.9. The van der Waals surface area contributed by atoms with Gasteiger partial charge >= 0.3 is 12.1 Å². The van der Waals surface area contributed by atoms with Crippen LogP contribution < -0.4 is 0 Å². The summed E-state index contributed by atoms with van der Waals surface area (Å²) in [6, 6.07) is 10.9. The zero-order valence-electron chi connectivity index (χ0n) is 23.0. The summed E-state index contributed by atoms with van der Waals surface area (Å²) in [5.74, 6) is -1.70. The maximum atomic E-state index is 13.3. The number of likely N-dealkylation sites (tertiary alicyclic amines) is 1. The van der Waals surface area contributed by atoms with Crippen LogP contribution in [0.15, 0.2) is 59.1 Å². The topological polar surface area (TPSA) is 183 Å². The molecule has 3 heterocycles. The van der Waals surface area contributed by atoms with Gasteiger partial charge in [0.15, 0.2) is 0 Å². The second-order valence-electron chi connectivity index (χ2n) is 10.5. The van der Waals surface area contributed by atoms with Crippen LogP contribution in [0, 0.1) is 26.1 Å². The third-order valence-electron chi connectivity index (χ3n) is 7.62. The summed E-state index contributed by atoms with van der Waals surface area (Å²) < 4.78 is 10.9. The molecular weight excluding hydrogens is 584 g/mol. The van der Waals surface area contributed by atoms with Crippen LogP contribution in [0.4, 0.5) is 16.2 Å². The summed E-state index contributed by atoms with van der Waals surface area (Å²) >= 11 is 1.40. The highest BCUT2D eigenvalue weighted by Gasteiger charge is 2.57. The Kier molecular flexibility index (Phi) is 8.64. The number of non-ortho nitro benzene ring substituents is 2. The summed E-state index contributed by atoms with van der Waals surface area (Å²) in [6.07, 6.45) is -0.430. The first kappa shape index (κ1) is 30.0. The number of β-lactam (4-membered cyclic amide) rings is 1. The molecule has 0 radical (unpaired) electrons. The van der Waals surface area contributed by atoms with Gasteiger partial charge < -0.3 is 24.4 Å². The number of nitrogens with zero attached hydrogens (tertiary/aromatic N) is 4. The first-order chi connectivity index (χ1) is 20.5. The van der Waals surface area contributed by atoms with E-state index in [0.717, 1.165) is 0 Å². The van der Waals surface area contributed by atoms with Crippen molar-refractivity contribution >= 4 is 41.1 Å². The molecule has 2 aromatic rings. The van der Waals surface area contributed by atoms with Gasteiger partial charge in [0, 0.05) is 53.9 Å². The van der Waals surface area contributed by atoms with Crippen molar-refractivity contribution in [2.45, 2.75) is 50.4 Å². The van der Waals surface area contributed by atoms with E-state index in [1.54, 1.807) is 4.90 Å². The SMILES string of the molecule is C[C@@H](O)C1C(=O)N2C(C(=O)OCc3ccc([N+](=O)[O-])cc3)=C(S[C@H]3CCN(C(=O)OCc4ccc([N+](=O)[O-])cc4)C3)CC12. The fourth-order valence-corrected chi connectivity index (χ4v) is 6.84. The molecule has 2 fully saturated rings. The number of thioether (sulfide) groups is 1. The van der Waals surface area contributed by atoms with E-state index in [1.807, 2.05) is 0 Å². The van der Waals surface area contributed by atoms with Crippen LogP contribution in [0.25, 0.3) is 0 Å². The molecular formula is C28H28N4O10S. The van der Waals surface area contributed by atoms with Gasteiger partial charge in [-0.2, -0.15) is 0 Å². The minimum absolute atomic E-state index is 0.0411. The maximum Gasteiger partial charge on any atom is 0.410 e. The van der Waals surface area contributed by atoms with Crippen LogP contribution in [-0.4, -0.2) is 73.2 Å². The molecule has 0 aromatic heterocycles. The molecule has 3 aliphatic rings. The molecule has 226 valence electrons. The normalized spacial score (nSPS) is 21.7. The number of ether oxygens (including phenoxy) is 2. The Morgan fingerprint density at radius 2 is 1.56 bits per heavy atom. The van der Waals surface area contributed by atoms with Crippen LogP contribution in [0.2, 0.25) is 0 Å². The highest BCUT2D eigenvalue weighted by atomic mass is 32.2. The number of amides is 2. The predicted octanol–water partition coefficient (Wildman–Crippen LogP) is 3.51. The number of carbonyl (C=O) groups is 3. The number of hydrogen-bond acceptors (Lipinski definition) is 11. The number of nitro benzene ring substituents is 2. The Morgan fingerprint density at radius 3 is 2.09 bits per heavy atom. The standard InChI is InChI=1S/C28H28N4O10S/c1-16(33)24-22-12-23(25(30(22)26(24)34)27(35)41-14-17-2-6-19(7-3-17)31(37)38)43-21-10-11-29(13-21)28(36)42-15-18-4-8-20(9-5-18)32(39)40/h2-9,16,21-22,24,33H,10-15H2,1H3/t16-,21+,22?,24?/m1/s1. The van der Waals surface area contributed by atoms with Crippen LogP contribution in [0.5, 0.6) is 0 Å². The maximum absolute atomic E-state index is 13.3. The summed E-state index contributed by atoms with van der Waals surface area (Å²) in [7, 11) is 0. The molecule has 0 spiro atoms. The van der Waals surface area contributed by atoms with Crippen molar-refractivity contribution in [1.82, 2.24) is 9.80 Å². The lowest BCUT2D eigenvalue weighted by Gasteiger charge is -2.44. The van der Waals surface area contributed by atoms with Gasteiger partial charge in [-0.3, -0.25) is 25.0 Å². The number of fused-ring (bicyclic) bond motifs is 1. The van der Waals surface area contributed by atoms with Gasteiger partial charge in [-0.15, -0.1) is 11.8 Å². The molecule has 15 heteroatoms. The molecule has 43 heavy (non-hydrogen) atoms. The first-order valence-corrected chi connectivity index (χ1v) is 14.4. The van der Waals surface area contributed by atoms with Crippen molar-refractivity contribution in [2.75, 3.05) is 13.1 Å². The highest BCUT2D eigenvalue weighted by Crippen LogP contribution is 2.49. The molecule has 0 saturated carbocycles. The lowest BCUT2D eigenvalue weighted by Crippen LogP contribution is -2.61. The number of benzene rings is 2. The Labute approximate surface area is 249 Å². The highest BCUT2D eigenvalue weighted by molar-refractivity contribution is 8.03. The molecule has 2 saturated heterocycles. The smallest absolute Gasteiger partial charge is 0.410 e. The van der Waals surface area contributed by atoms with Crippen molar-refractivity contribution in [2.24, 2.45) is 5.92 Å². The number of carbonyl (C=O) groups excluding carboxylic acids is 3. The Morgan fingerprint density at radius 1 is 1.00 bits per heavy atom. The average molecular weight is 613 g/mol. The van der Waals surface area contributed by atoms with E-state index in [0.29, 0.717) is 42.0 Å². The van der Waals surface area contributed by atoms with Crippen LogP contribution in [0.3, 0.4) is 0 Å². The first-order valence-electron chi connectivity index (χ1n) is 13.5. The van der Waals surface area contributed by atoms with Gasteiger partial charge in [-0.05, 0) is 48.7 Å². The predicted molar refractivity (Wildman–Crippen MR) is 151 cm³/mol. The molecule has 14 nitrogen and oxygen atoms in total. The van der Waals surface area contributed by atoms with Crippen molar-refractivity contribution in [1.29, 1.82) is 0 Å². The number of aliphatic hydroxyl groups excluding tert-OH is 1. The molecule has 4 atom stereocenters. The number of aliphatic hydroxyl groups is 1. The number of nitro groups is 2. The van der Waals surface area contributed by atoms with Gasteiger partial charge in [-0.1, -0.05) is 0 Å². The number of rotatable bonds is 10. The van der Waals surface area contributed by atoms with E-state index in [2.05, 4.69) is 0 Å². The zero-order chi connectivity index (χ0) is 30.8. The summed E-state index contributed by atoms with van der Waals surface area (Å²) in [6.45, 7) is 2.11. The molecule has 5 rings (SSSR count). The molecule has 0 aliphatic carbocycles. The fourth-order valence-electron chi connectivity index (χ4n) is 5.40. The summed E-state index contributed by atoms with van der Waals surface area (Å²) in [5, 5.41) is 31.8. The van der Waals surface area contributed by atoms with E-state index in [4.69, 9.17) is 9.47 Å². The van der Waals surface area contributed by atoms with Gasteiger partial charge in [0.2, 0.25) is 5.91 Å². The quantitative estimate of drug-likeness (QED) is 0.179. The largest absolute Gasteiger partial charge is 0.456 e. The molecule has 1 N–H and O–H groups in total. The summed E-state index contributed by atoms with van der Waals surface area (Å²) in [4.78, 5) is 63.1. The molecule has 2 amide bonds. The van der Waals surface area contributed by atoms with Gasteiger partial charge in [0.1, 0.15) is 18.9 Å². The number of esters is 1. The monoisotopic (exact) mass is 612 g/mol. The summed E-state index contributed by atoms with van der Waals surface area (Å²) in [5.41, 5.74) is 1.12. The number of hydrogen-bond donors (Lipinski definition) is 1. The lowest BCUT2D eigenvalue weighted by molar-refractivity contribution is -0.385. The van der Waals surface area contributed by atoms with Crippen LogP contribution in [-0.2, 0) is 32.3 Å². The van der Waals surface area contributed by atoms with Crippen molar-refractivity contribution in [3.8, 4) is 0 Å². The Hall–Kier alpha value is -4.50. The Bertz CT molecular complexity index is 1480. The van der Waals surface area contributed by atoms with Gasteiger partial charge in [-0.25, -0.2) is 9.59 Å². The van der Waals surface area contributed by atoms with Gasteiger partial charge in [0.05, 0.1) is 27.9 Å². The molecule has 3 aliphatic heterocycles. The van der Waals surface area contributed by atoms with E-state index < -0.39 is 33.9 Å².